The summed E-state index contributed by atoms with van der Waals surface area (Å²) in [5, 5.41) is 5.71. The Kier molecular flexibility index (Phi) is 3.71. The SMILES string of the molecule is CCCn1nc(C)c(N)c1Sc1nccc(=O)[nH]1. The largest absolute Gasteiger partial charge is 0.395 e. The molecule has 7 heteroatoms. The molecule has 0 aliphatic rings. The molecule has 0 saturated heterocycles. The molecule has 2 heterocycles. The Morgan fingerprint density at radius 3 is 3.00 bits per heavy atom. The summed E-state index contributed by atoms with van der Waals surface area (Å²) >= 11 is 1.32. The number of anilines is 1. The first-order valence-electron chi connectivity index (χ1n) is 5.68. The monoisotopic (exact) mass is 265 g/mol. The van der Waals surface area contributed by atoms with Gasteiger partial charge in [0, 0.05) is 18.8 Å². The molecule has 0 aromatic carbocycles. The summed E-state index contributed by atoms with van der Waals surface area (Å²) in [6, 6.07) is 1.38. The highest BCUT2D eigenvalue weighted by atomic mass is 32.2. The van der Waals surface area contributed by atoms with Gasteiger partial charge in [0.15, 0.2) is 5.16 Å². The lowest BCUT2D eigenvalue weighted by Gasteiger charge is -2.05. The molecule has 0 amide bonds. The molecular formula is C11H15N5OS. The third kappa shape index (κ3) is 2.56. The zero-order chi connectivity index (χ0) is 13.1. The van der Waals surface area contributed by atoms with Gasteiger partial charge in [-0.3, -0.25) is 9.48 Å². The molecule has 0 spiro atoms. The molecule has 18 heavy (non-hydrogen) atoms. The first-order valence-corrected chi connectivity index (χ1v) is 6.49. The lowest BCUT2D eigenvalue weighted by Crippen LogP contribution is -2.07. The van der Waals surface area contributed by atoms with Crippen molar-refractivity contribution in [2.45, 2.75) is 37.0 Å². The lowest BCUT2D eigenvalue weighted by atomic mass is 10.4. The van der Waals surface area contributed by atoms with Gasteiger partial charge in [0.25, 0.3) is 5.56 Å². The van der Waals surface area contributed by atoms with Crippen LogP contribution in [0.25, 0.3) is 0 Å². The zero-order valence-electron chi connectivity index (χ0n) is 10.3. The van der Waals surface area contributed by atoms with Crippen LogP contribution in [0.3, 0.4) is 0 Å². The Hall–Kier alpha value is -1.76. The minimum absolute atomic E-state index is 0.177. The molecule has 2 rings (SSSR count). The fraction of sp³-hybridized carbons (Fsp3) is 0.364. The number of aromatic nitrogens is 4. The Labute approximate surface area is 109 Å². The summed E-state index contributed by atoms with van der Waals surface area (Å²) in [6.45, 7) is 4.73. The molecular weight excluding hydrogens is 250 g/mol. The van der Waals surface area contributed by atoms with Gasteiger partial charge >= 0.3 is 0 Å². The predicted octanol–water partition coefficient (Wildman–Crippen LogP) is 1.42. The molecule has 0 aliphatic heterocycles. The summed E-state index contributed by atoms with van der Waals surface area (Å²) < 4.78 is 1.85. The summed E-state index contributed by atoms with van der Waals surface area (Å²) in [5.74, 6) is 0. The van der Waals surface area contributed by atoms with Gasteiger partial charge < -0.3 is 10.7 Å². The Bertz CT molecular complexity index is 604. The number of nitrogen functional groups attached to an aromatic ring is 1. The maximum absolute atomic E-state index is 11.2. The van der Waals surface area contributed by atoms with Crippen LogP contribution in [0.1, 0.15) is 19.0 Å². The second-order valence-corrected chi connectivity index (χ2v) is 4.85. The van der Waals surface area contributed by atoms with Crippen LogP contribution in [0, 0.1) is 6.92 Å². The number of aromatic amines is 1. The topological polar surface area (TPSA) is 89.6 Å². The summed E-state index contributed by atoms with van der Waals surface area (Å²) in [6.07, 6.45) is 2.44. The van der Waals surface area contributed by atoms with Gasteiger partial charge in [-0.2, -0.15) is 5.10 Å². The van der Waals surface area contributed by atoms with Crippen LogP contribution < -0.4 is 11.3 Å². The lowest BCUT2D eigenvalue weighted by molar-refractivity contribution is 0.555. The normalized spacial score (nSPS) is 10.8. The molecule has 0 unspecified atom stereocenters. The second kappa shape index (κ2) is 5.26. The van der Waals surface area contributed by atoms with Crippen LogP contribution in [0.4, 0.5) is 5.69 Å². The standard InChI is InChI=1S/C11H15N5OS/c1-3-6-16-10(9(12)7(2)15-16)18-11-13-5-4-8(17)14-11/h4-5H,3,6,12H2,1-2H3,(H,13,14,17). The van der Waals surface area contributed by atoms with Crippen LogP contribution in [0.15, 0.2) is 27.2 Å². The number of hydrogen-bond donors (Lipinski definition) is 2. The number of nitrogens with one attached hydrogen (secondary N) is 1. The predicted molar refractivity (Wildman–Crippen MR) is 70.6 cm³/mol. The van der Waals surface area contributed by atoms with Gasteiger partial charge in [-0.1, -0.05) is 6.92 Å². The molecule has 2 aromatic rings. The molecule has 3 N–H and O–H groups in total. The first-order chi connectivity index (χ1) is 8.61. The van der Waals surface area contributed by atoms with Crippen molar-refractivity contribution in [2.24, 2.45) is 0 Å². The van der Waals surface area contributed by atoms with Gasteiger partial charge in [0.2, 0.25) is 0 Å². The van der Waals surface area contributed by atoms with E-state index in [1.54, 1.807) is 0 Å². The van der Waals surface area contributed by atoms with E-state index in [-0.39, 0.29) is 5.56 Å². The highest BCUT2D eigenvalue weighted by Crippen LogP contribution is 2.31. The van der Waals surface area contributed by atoms with Crippen LogP contribution in [-0.2, 0) is 6.54 Å². The smallest absolute Gasteiger partial charge is 0.251 e. The van der Waals surface area contributed by atoms with E-state index in [0.29, 0.717) is 10.8 Å². The van der Waals surface area contributed by atoms with Crippen molar-refractivity contribution in [3.8, 4) is 0 Å². The minimum Gasteiger partial charge on any atom is -0.395 e. The van der Waals surface area contributed by atoms with E-state index in [4.69, 9.17) is 5.73 Å². The highest BCUT2D eigenvalue weighted by molar-refractivity contribution is 7.99. The van der Waals surface area contributed by atoms with Crippen molar-refractivity contribution in [1.82, 2.24) is 19.7 Å². The highest BCUT2D eigenvalue weighted by Gasteiger charge is 2.14. The van der Waals surface area contributed by atoms with Crippen LogP contribution in [0.2, 0.25) is 0 Å². The van der Waals surface area contributed by atoms with E-state index < -0.39 is 0 Å². The van der Waals surface area contributed by atoms with E-state index in [0.717, 1.165) is 23.7 Å². The van der Waals surface area contributed by atoms with Crippen LogP contribution in [0.5, 0.6) is 0 Å². The van der Waals surface area contributed by atoms with E-state index in [2.05, 4.69) is 22.0 Å². The number of nitrogens with zero attached hydrogens (tertiary/aromatic N) is 3. The van der Waals surface area contributed by atoms with Crippen molar-refractivity contribution in [1.29, 1.82) is 0 Å². The van der Waals surface area contributed by atoms with Crippen LogP contribution in [-0.4, -0.2) is 19.7 Å². The van der Waals surface area contributed by atoms with Gasteiger partial charge in [-0.05, 0) is 25.1 Å². The summed E-state index contributed by atoms with van der Waals surface area (Å²) in [5.41, 5.74) is 7.25. The van der Waals surface area contributed by atoms with Crippen molar-refractivity contribution < 1.29 is 0 Å². The summed E-state index contributed by atoms with van der Waals surface area (Å²) in [7, 11) is 0. The third-order valence-electron chi connectivity index (χ3n) is 2.40. The number of aryl methyl sites for hydroxylation is 2. The van der Waals surface area contributed by atoms with Crippen molar-refractivity contribution in [3.05, 3.63) is 28.3 Å². The van der Waals surface area contributed by atoms with Crippen molar-refractivity contribution >= 4 is 17.4 Å². The summed E-state index contributed by atoms with van der Waals surface area (Å²) in [4.78, 5) is 18.0. The number of hydrogen-bond acceptors (Lipinski definition) is 5. The molecule has 6 nitrogen and oxygen atoms in total. The maximum Gasteiger partial charge on any atom is 0.251 e. The fourth-order valence-electron chi connectivity index (χ4n) is 1.54. The van der Waals surface area contributed by atoms with E-state index >= 15 is 0 Å². The van der Waals surface area contributed by atoms with Gasteiger partial charge in [0.05, 0.1) is 11.4 Å². The number of nitrogens with two attached hydrogens (primary N) is 1. The fourth-order valence-corrected chi connectivity index (χ4v) is 2.48. The maximum atomic E-state index is 11.2. The quantitative estimate of drug-likeness (QED) is 0.816. The Morgan fingerprint density at radius 1 is 1.56 bits per heavy atom. The molecule has 0 radical (unpaired) electrons. The van der Waals surface area contributed by atoms with E-state index in [1.807, 2.05) is 11.6 Å². The molecule has 96 valence electrons. The van der Waals surface area contributed by atoms with E-state index in [9.17, 15) is 4.79 Å². The minimum atomic E-state index is -0.177. The van der Waals surface area contributed by atoms with Crippen molar-refractivity contribution in [2.75, 3.05) is 5.73 Å². The average molecular weight is 265 g/mol. The molecule has 0 fully saturated rings. The van der Waals surface area contributed by atoms with Gasteiger partial charge in [-0.15, -0.1) is 0 Å². The molecule has 0 aliphatic carbocycles. The van der Waals surface area contributed by atoms with Crippen LogP contribution >= 0.6 is 11.8 Å². The van der Waals surface area contributed by atoms with E-state index in [1.165, 1.54) is 24.0 Å². The first kappa shape index (κ1) is 12.7. The molecule has 0 atom stereocenters. The second-order valence-electron chi connectivity index (χ2n) is 3.87. The number of rotatable bonds is 4. The number of H-pyrrole nitrogens is 1. The average Bonchev–Trinajstić information content (AvgIpc) is 2.58. The molecule has 0 saturated carbocycles. The molecule has 0 bridgehead atoms. The van der Waals surface area contributed by atoms with Gasteiger partial charge in [-0.25, -0.2) is 4.98 Å². The van der Waals surface area contributed by atoms with Crippen molar-refractivity contribution in [3.63, 3.8) is 0 Å². The Balaban J connectivity index is 2.36. The Morgan fingerprint density at radius 2 is 2.33 bits per heavy atom. The third-order valence-corrected chi connectivity index (χ3v) is 3.43. The van der Waals surface area contributed by atoms with Gasteiger partial charge in [0.1, 0.15) is 5.03 Å². The molecule has 2 aromatic heterocycles. The zero-order valence-corrected chi connectivity index (χ0v) is 11.1.